The molecule has 22 heavy (non-hydrogen) atoms. The Balaban J connectivity index is 1.55. The van der Waals surface area contributed by atoms with Crippen LogP contribution in [-0.4, -0.2) is 27.0 Å². The second-order valence-electron chi connectivity index (χ2n) is 5.43. The van der Waals surface area contributed by atoms with Crippen molar-refractivity contribution in [2.45, 2.75) is 25.8 Å². The first kappa shape index (κ1) is 14.5. The zero-order valence-corrected chi connectivity index (χ0v) is 12.5. The van der Waals surface area contributed by atoms with Crippen LogP contribution in [0, 0.1) is 5.92 Å². The van der Waals surface area contributed by atoms with Gasteiger partial charge in [-0.25, -0.2) is 4.98 Å². The molecule has 2 heterocycles. The lowest BCUT2D eigenvalue weighted by atomic mass is 9.94. The summed E-state index contributed by atoms with van der Waals surface area (Å²) in [5.41, 5.74) is 0.844. The fourth-order valence-corrected chi connectivity index (χ4v) is 2.69. The van der Waals surface area contributed by atoms with Gasteiger partial charge in [0.05, 0.1) is 0 Å². The van der Waals surface area contributed by atoms with Crippen molar-refractivity contribution >= 4 is 5.91 Å². The maximum Gasteiger partial charge on any atom is 0.223 e. The number of allylic oxidation sites excluding steroid dienone is 2. The van der Waals surface area contributed by atoms with Crippen LogP contribution in [0.25, 0.3) is 11.5 Å². The first-order valence-electron chi connectivity index (χ1n) is 7.70. The van der Waals surface area contributed by atoms with Gasteiger partial charge in [0.2, 0.25) is 5.91 Å². The molecule has 0 fully saturated rings. The number of rotatable bonds is 5. The van der Waals surface area contributed by atoms with Crippen molar-refractivity contribution in [2.75, 3.05) is 6.54 Å². The summed E-state index contributed by atoms with van der Waals surface area (Å²) in [7, 11) is 0. The molecular weight excluding hydrogens is 276 g/mol. The van der Waals surface area contributed by atoms with E-state index < -0.39 is 0 Å². The molecule has 2 aromatic heterocycles. The Morgan fingerprint density at radius 3 is 3.00 bits per heavy atom. The molecule has 1 atom stereocenters. The lowest BCUT2D eigenvalue weighted by molar-refractivity contribution is -0.125. The monoisotopic (exact) mass is 296 g/mol. The van der Waals surface area contributed by atoms with Gasteiger partial charge >= 0.3 is 0 Å². The van der Waals surface area contributed by atoms with Gasteiger partial charge in [-0.15, -0.1) is 0 Å². The van der Waals surface area contributed by atoms with E-state index in [4.69, 9.17) is 0 Å². The van der Waals surface area contributed by atoms with Crippen LogP contribution in [0.5, 0.6) is 0 Å². The third-order valence-electron chi connectivity index (χ3n) is 3.90. The number of nitrogens with zero attached hydrogens (tertiary/aromatic N) is 3. The van der Waals surface area contributed by atoms with E-state index in [9.17, 15) is 4.79 Å². The molecule has 5 heteroatoms. The summed E-state index contributed by atoms with van der Waals surface area (Å²) in [6.07, 6.45) is 12.5. The minimum Gasteiger partial charge on any atom is -0.354 e. The molecule has 0 saturated carbocycles. The number of pyridine rings is 1. The highest BCUT2D eigenvalue weighted by molar-refractivity contribution is 5.78. The molecule has 0 aromatic carbocycles. The molecule has 114 valence electrons. The van der Waals surface area contributed by atoms with Gasteiger partial charge in [-0.3, -0.25) is 9.78 Å². The third-order valence-corrected chi connectivity index (χ3v) is 3.90. The summed E-state index contributed by atoms with van der Waals surface area (Å²) in [6, 6.07) is 5.77. The van der Waals surface area contributed by atoms with Crippen LogP contribution in [0.15, 0.2) is 48.9 Å². The Kier molecular flexibility index (Phi) is 4.63. The normalized spacial score (nSPS) is 17.4. The lowest BCUT2D eigenvalue weighted by Crippen LogP contribution is -2.33. The smallest absolute Gasteiger partial charge is 0.223 e. The molecule has 0 radical (unpaired) electrons. The van der Waals surface area contributed by atoms with Gasteiger partial charge in [-0.1, -0.05) is 18.2 Å². The number of hydrogen-bond acceptors (Lipinski definition) is 3. The van der Waals surface area contributed by atoms with Crippen LogP contribution >= 0.6 is 0 Å². The van der Waals surface area contributed by atoms with E-state index in [-0.39, 0.29) is 11.8 Å². The maximum atomic E-state index is 12.1. The molecule has 0 saturated heterocycles. The van der Waals surface area contributed by atoms with Crippen molar-refractivity contribution in [2.24, 2.45) is 5.92 Å². The Morgan fingerprint density at radius 1 is 1.27 bits per heavy atom. The Labute approximate surface area is 130 Å². The quantitative estimate of drug-likeness (QED) is 0.862. The zero-order chi connectivity index (χ0) is 15.2. The molecule has 1 unspecified atom stereocenters. The van der Waals surface area contributed by atoms with Crippen LogP contribution in [-0.2, 0) is 11.3 Å². The minimum absolute atomic E-state index is 0.128. The number of nitrogens with one attached hydrogen (secondary N) is 1. The molecule has 5 nitrogen and oxygen atoms in total. The number of amides is 1. The number of carbonyl (C=O) groups is 1. The minimum atomic E-state index is 0.128. The van der Waals surface area contributed by atoms with Crippen LogP contribution in [0.1, 0.15) is 19.3 Å². The topological polar surface area (TPSA) is 59.8 Å². The summed E-state index contributed by atoms with van der Waals surface area (Å²) in [5, 5.41) is 3.03. The predicted octanol–water partition coefficient (Wildman–Crippen LogP) is 2.42. The van der Waals surface area contributed by atoms with E-state index in [1.807, 2.05) is 29.0 Å². The van der Waals surface area contributed by atoms with E-state index in [0.717, 1.165) is 30.8 Å². The van der Waals surface area contributed by atoms with E-state index in [2.05, 4.69) is 27.4 Å². The van der Waals surface area contributed by atoms with Crippen LogP contribution in [0.2, 0.25) is 0 Å². The summed E-state index contributed by atoms with van der Waals surface area (Å²) in [4.78, 5) is 20.8. The Bertz CT molecular complexity index is 648. The maximum absolute atomic E-state index is 12.1. The number of aromatic nitrogens is 3. The highest BCUT2D eigenvalue weighted by atomic mass is 16.1. The van der Waals surface area contributed by atoms with Crippen LogP contribution < -0.4 is 5.32 Å². The van der Waals surface area contributed by atoms with Gasteiger partial charge in [-0.2, -0.15) is 0 Å². The van der Waals surface area contributed by atoms with Gasteiger partial charge in [0.1, 0.15) is 5.69 Å². The van der Waals surface area contributed by atoms with Gasteiger partial charge in [-0.05, 0) is 31.4 Å². The number of hydrogen-bond donors (Lipinski definition) is 1. The Morgan fingerprint density at radius 2 is 2.23 bits per heavy atom. The Hall–Kier alpha value is -2.43. The van der Waals surface area contributed by atoms with Crippen LogP contribution in [0.4, 0.5) is 0 Å². The van der Waals surface area contributed by atoms with Crippen molar-refractivity contribution in [1.29, 1.82) is 0 Å². The third kappa shape index (κ3) is 3.42. The van der Waals surface area contributed by atoms with Gasteiger partial charge in [0.15, 0.2) is 5.82 Å². The largest absolute Gasteiger partial charge is 0.354 e. The summed E-state index contributed by atoms with van der Waals surface area (Å²) >= 11 is 0. The molecule has 0 spiro atoms. The second kappa shape index (κ2) is 7.02. The van der Waals surface area contributed by atoms with Crippen molar-refractivity contribution in [3.63, 3.8) is 0 Å². The van der Waals surface area contributed by atoms with E-state index in [1.165, 1.54) is 0 Å². The fraction of sp³-hybridized carbons (Fsp3) is 0.353. The van der Waals surface area contributed by atoms with Gasteiger partial charge in [0, 0.05) is 37.6 Å². The number of carbonyl (C=O) groups excluding carboxylic acids is 1. The molecule has 1 N–H and O–H groups in total. The molecule has 0 bridgehead atoms. The molecule has 3 rings (SSSR count). The van der Waals surface area contributed by atoms with E-state index in [1.54, 1.807) is 12.4 Å². The van der Waals surface area contributed by atoms with Crippen molar-refractivity contribution in [3.05, 3.63) is 48.9 Å². The second-order valence-corrected chi connectivity index (χ2v) is 5.43. The first-order valence-corrected chi connectivity index (χ1v) is 7.70. The van der Waals surface area contributed by atoms with E-state index in [0.29, 0.717) is 13.1 Å². The highest BCUT2D eigenvalue weighted by Gasteiger charge is 2.18. The summed E-state index contributed by atoms with van der Waals surface area (Å²) < 4.78 is 2.02. The predicted molar refractivity (Wildman–Crippen MR) is 84.9 cm³/mol. The van der Waals surface area contributed by atoms with Crippen molar-refractivity contribution in [1.82, 2.24) is 19.9 Å². The summed E-state index contributed by atoms with van der Waals surface area (Å²) in [5.74, 6) is 1.11. The lowest BCUT2D eigenvalue weighted by Gasteiger charge is -2.17. The fourth-order valence-electron chi connectivity index (χ4n) is 2.69. The average Bonchev–Trinajstić information content (AvgIpc) is 3.05. The SMILES string of the molecule is O=C(NCCn1ccnc1-c1ccccn1)C1CC=CCC1. The average molecular weight is 296 g/mol. The molecular formula is C17H20N4O. The molecule has 2 aromatic rings. The molecule has 1 aliphatic rings. The standard InChI is InChI=1S/C17H20N4O/c22-17(14-6-2-1-3-7-14)20-11-13-21-12-10-19-16(21)15-8-4-5-9-18-15/h1-2,4-5,8-10,12,14H,3,6-7,11,13H2,(H,20,22). The first-order chi connectivity index (χ1) is 10.8. The molecule has 1 amide bonds. The summed E-state index contributed by atoms with van der Waals surface area (Å²) in [6.45, 7) is 1.30. The van der Waals surface area contributed by atoms with Crippen molar-refractivity contribution < 1.29 is 4.79 Å². The van der Waals surface area contributed by atoms with E-state index >= 15 is 0 Å². The molecule has 0 aliphatic heterocycles. The van der Waals surface area contributed by atoms with Gasteiger partial charge in [0.25, 0.3) is 0 Å². The van der Waals surface area contributed by atoms with Crippen LogP contribution in [0.3, 0.4) is 0 Å². The molecule has 1 aliphatic carbocycles. The van der Waals surface area contributed by atoms with Gasteiger partial charge < -0.3 is 9.88 Å². The van der Waals surface area contributed by atoms with Crippen molar-refractivity contribution in [3.8, 4) is 11.5 Å². The zero-order valence-electron chi connectivity index (χ0n) is 12.5. The number of imidazole rings is 1. The highest BCUT2D eigenvalue weighted by Crippen LogP contribution is 2.18.